The van der Waals surface area contributed by atoms with E-state index >= 15 is 0 Å². The van der Waals surface area contributed by atoms with Crippen molar-refractivity contribution in [2.24, 2.45) is 0 Å². The fraction of sp³-hybridized carbons (Fsp3) is 0.100. The third kappa shape index (κ3) is 4.03. The Balaban J connectivity index is 1.49. The number of nitrogens with one attached hydrogen (secondary N) is 1. The maximum Gasteiger partial charge on any atom is 0.256 e. The number of nitrogens with zero attached hydrogens (tertiary/aromatic N) is 4. The molecule has 0 spiro atoms. The van der Waals surface area contributed by atoms with Gasteiger partial charge in [0.15, 0.2) is 0 Å². The van der Waals surface area contributed by atoms with Crippen LogP contribution < -0.4 is 5.32 Å². The minimum absolute atomic E-state index is 0.170. The summed E-state index contributed by atoms with van der Waals surface area (Å²) in [4.78, 5) is 21.2. The molecule has 0 aliphatic heterocycles. The molecule has 0 saturated carbocycles. The molecule has 9 heteroatoms. The number of amides is 1. The molecule has 0 bridgehead atoms. The molecule has 0 fully saturated rings. The first-order valence-electron chi connectivity index (χ1n) is 8.67. The van der Waals surface area contributed by atoms with E-state index in [-0.39, 0.29) is 29.0 Å². The van der Waals surface area contributed by atoms with Gasteiger partial charge in [-0.3, -0.25) is 9.78 Å². The van der Waals surface area contributed by atoms with Crippen molar-refractivity contribution in [2.75, 3.05) is 0 Å². The van der Waals surface area contributed by atoms with Gasteiger partial charge in [-0.1, -0.05) is 11.6 Å². The summed E-state index contributed by atoms with van der Waals surface area (Å²) in [6.07, 6.45) is 3.42. The zero-order valence-corrected chi connectivity index (χ0v) is 16.8. The molecule has 0 saturated heterocycles. The molecule has 3 heterocycles. The SMILES string of the molecule is Cc1nn(-c2ccc(F)cc2)c(Cl)c1C(=O)NCc1nc(-c2ccncc2)cs1. The van der Waals surface area contributed by atoms with E-state index in [1.807, 2.05) is 17.5 Å². The third-order valence-electron chi connectivity index (χ3n) is 4.23. The van der Waals surface area contributed by atoms with Crippen LogP contribution >= 0.6 is 22.9 Å². The smallest absolute Gasteiger partial charge is 0.256 e. The summed E-state index contributed by atoms with van der Waals surface area (Å²) in [5, 5.41) is 10.0. The molecule has 0 aliphatic carbocycles. The molecule has 3 aromatic heterocycles. The van der Waals surface area contributed by atoms with Gasteiger partial charge in [0.25, 0.3) is 5.91 Å². The Hall–Kier alpha value is -3.10. The number of aryl methyl sites for hydroxylation is 1. The van der Waals surface area contributed by atoms with E-state index in [4.69, 9.17) is 11.6 Å². The Kier molecular flexibility index (Phi) is 5.37. The lowest BCUT2D eigenvalue weighted by Gasteiger charge is -2.04. The van der Waals surface area contributed by atoms with Crippen LogP contribution in [-0.4, -0.2) is 25.7 Å². The molecule has 0 aliphatic rings. The average molecular weight is 428 g/mol. The van der Waals surface area contributed by atoms with Crippen LogP contribution in [0.5, 0.6) is 0 Å². The predicted octanol–water partition coefficient (Wildman–Crippen LogP) is 4.42. The first-order valence-corrected chi connectivity index (χ1v) is 9.93. The number of carbonyl (C=O) groups excluding carboxylic acids is 1. The van der Waals surface area contributed by atoms with Gasteiger partial charge in [0.05, 0.1) is 29.2 Å². The summed E-state index contributed by atoms with van der Waals surface area (Å²) in [5.41, 5.74) is 3.13. The lowest BCUT2D eigenvalue weighted by atomic mass is 10.2. The highest BCUT2D eigenvalue weighted by Gasteiger charge is 2.21. The summed E-state index contributed by atoms with van der Waals surface area (Å²) in [7, 11) is 0. The van der Waals surface area contributed by atoms with Crippen molar-refractivity contribution in [3.8, 4) is 16.9 Å². The molecule has 4 aromatic rings. The fourth-order valence-electron chi connectivity index (χ4n) is 2.80. The first kappa shape index (κ1) is 19.2. The molecule has 29 heavy (non-hydrogen) atoms. The molecule has 0 atom stereocenters. The highest BCUT2D eigenvalue weighted by molar-refractivity contribution is 7.09. The highest BCUT2D eigenvalue weighted by Crippen LogP contribution is 2.24. The van der Waals surface area contributed by atoms with Gasteiger partial charge >= 0.3 is 0 Å². The number of halogens is 2. The lowest BCUT2D eigenvalue weighted by molar-refractivity contribution is 0.0950. The van der Waals surface area contributed by atoms with Gasteiger partial charge in [-0.25, -0.2) is 14.1 Å². The van der Waals surface area contributed by atoms with Crippen LogP contribution in [0.15, 0.2) is 54.2 Å². The Bertz CT molecular complexity index is 1160. The van der Waals surface area contributed by atoms with Gasteiger partial charge in [-0.15, -0.1) is 11.3 Å². The Labute approximate surface area is 175 Å². The minimum Gasteiger partial charge on any atom is -0.345 e. The van der Waals surface area contributed by atoms with Gasteiger partial charge in [0, 0.05) is 23.3 Å². The van der Waals surface area contributed by atoms with Crippen molar-refractivity contribution >= 4 is 28.8 Å². The van der Waals surface area contributed by atoms with E-state index in [1.165, 1.54) is 28.2 Å². The Morgan fingerprint density at radius 3 is 2.66 bits per heavy atom. The predicted molar refractivity (Wildman–Crippen MR) is 110 cm³/mol. The van der Waals surface area contributed by atoms with Gasteiger partial charge in [0.2, 0.25) is 0 Å². The summed E-state index contributed by atoms with van der Waals surface area (Å²) in [6, 6.07) is 9.47. The molecule has 0 radical (unpaired) electrons. The number of carbonyl (C=O) groups is 1. The average Bonchev–Trinajstić information content (AvgIpc) is 3.32. The molecule has 0 unspecified atom stereocenters. The number of aromatic nitrogens is 4. The first-order chi connectivity index (χ1) is 14.0. The molecular weight excluding hydrogens is 413 g/mol. The van der Waals surface area contributed by atoms with Crippen LogP contribution in [0.4, 0.5) is 4.39 Å². The minimum atomic E-state index is -0.360. The third-order valence-corrected chi connectivity index (χ3v) is 5.43. The normalized spacial score (nSPS) is 10.9. The summed E-state index contributed by atoms with van der Waals surface area (Å²) >= 11 is 7.85. The number of benzene rings is 1. The number of thiazole rings is 1. The highest BCUT2D eigenvalue weighted by atomic mass is 35.5. The molecule has 1 amide bonds. The van der Waals surface area contributed by atoms with E-state index in [0.717, 1.165) is 16.3 Å². The van der Waals surface area contributed by atoms with E-state index in [9.17, 15) is 9.18 Å². The van der Waals surface area contributed by atoms with Crippen molar-refractivity contribution < 1.29 is 9.18 Å². The number of hydrogen-bond acceptors (Lipinski definition) is 5. The number of hydrogen-bond donors (Lipinski definition) is 1. The van der Waals surface area contributed by atoms with Crippen molar-refractivity contribution in [3.05, 3.63) is 81.4 Å². The second-order valence-electron chi connectivity index (χ2n) is 6.18. The van der Waals surface area contributed by atoms with Crippen LogP contribution in [0.1, 0.15) is 21.1 Å². The molecule has 6 nitrogen and oxygen atoms in total. The van der Waals surface area contributed by atoms with E-state index in [2.05, 4.69) is 20.4 Å². The quantitative estimate of drug-likeness (QED) is 0.511. The standard InChI is InChI=1S/C20H15ClFN5OS/c1-12-18(19(21)27(26-12)15-4-2-14(22)3-5-15)20(28)24-10-17-25-16(11-29-17)13-6-8-23-9-7-13/h2-9,11H,10H2,1H3,(H,24,28). The van der Waals surface area contributed by atoms with Crippen LogP contribution in [0.25, 0.3) is 16.9 Å². The fourth-order valence-corrected chi connectivity index (χ4v) is 3.90. The zero-order valence-electron chi connectivity index (χ0n) is 15.3. The summed E-state index contributed by atoms with van der Waals surface area (Å²) in [5.74, 6) is -0.706. The zero-order chi connectivity index (χ0) is 20.4. The topological polar surface area (TPSA) is 72.7 Å². The summed E-state index contributed by atoms with van der Waals surface area (Å²) in [6.45, 7) is 1.97. The van der Waals surface area contributed by atoms with Gasteiger partial charge in [0.1, 0.15) is 16.0 Å². The van der Waals surface area contributed by atoms with E-state index in [1.54, 1.807) is 31.5 Å². The Morgan fingerprint density at radius 1 is 1.21 bits per heavy atom. The maximum atomic E-state index is 13.2. The van der Waals surface area contributed by atoms with Crippen molar-refractivity contribution in [1.29, 1.82) is 0 Å². The molecule has 4 rings (SSSR count). The van der Waals surface area contributed by atoms with Crippen LogP contribution in [0.2, 0.25) is 5.15 Å². The van der Waals surface area contributed by atoms with Crippen molar-refractivity contribution in [3.63, 3.8) is 0 Å². The van der Waals surface area contributed by atoms with Crippen LogP contribution in [-0.2, 0) is 6.54 Å². The second-order valence-corrected chi connectivity index (χ2v) is 7.49. The monoisotopic (exact) mass is 427 g/mol. The van der Waals surface area contributed by atoms with Gasteiger partial charge < -0.3 is 5.32 Å². The van der Waals surface area contributed by atoms with Crippen LogP contribution in [0, 0.1) is 12.7 Å². The number of pyridine rings is 1. The van der Waals surface area contributed by atoms with Gasteiger partial charge in [-0.2, -0.15) is 5.10 Å². The van der Waals surface area contributed by atoms with E-state index < -0.39 is 0 Å². The maximum absolute atomic E-state index is 13.2. The number of rotatable bonds is 5. The Morgan fingerprint density at radius 2 is 1.93 bits per heavy atom. The van der Waals surface area contributed by atoms with E-state index in [0.29, 0.717) is 11.4 Å². The van der Waals surface area contributed by atoms with Gasteiger partial charge in [-0.05, 0) is 43.3 Å². The largest absolute Gasteiger partial charge is 0.345 e. The second kappa shape index (κ2) is 8.10. The summed E-state index contributed by atoms with van der Waals surface area (Å²) < 4.78 is 14.6. The molecule has 1 aromatic carbocycles. The molecule has 146 valence electrons. The lowest BCUT2D eigenvalue weighted by Crippen LogP contribution is -2.23. The van der Waals surface area contributed by atoms with Crippen molar-refractivity contribution in [1.82, 2.24) is 25.1 Å². The molecular formula is C20H15ClFN5OS. The van der Waals surface area contributed by atoms with Crippen LogP contribution in [0.3, 0.4) is 0 Å². The van der Waals surface area contributed by atoms with Crippen molar-refractivity contribution in [2.45, 2.75) is 13.5 Å². The molecule has 1 N–H and O–H groups in total.